The predicted octanol–water partition coefficient (Wildman–Crippen LogP) is 6.06. The summed E-state index contributed by atoms with van der Waals surface area (Å²) in [5, 5.41) is 17.3. The van der Waals surface area contributed by atoms with Crippen LogP contribution < -0.4 is 16.0 Å². The molecule has 0 spiro atoms. The zero-order valence-electron chi connectivity index (χ0n) is 20.8. The average Bonchev–Trinajstić information content (AvgIpc) is 3.26. The van der Waals surface area contributed by atoms with Gasteiger partial charge in [0.1, 0.15) is 11.6 Å². The number of nitrogens with one attached hydrogen (secondary N) is 3. The van der Waals surface area contributed by atoms with Gasteiger partial charge in [0.05, 0.1) is 17.3 Å². The smallest absolute Gasteiger partial charge is 0.416 e. The zero-order valence-corrected chi connectivity index (χ0v) is 21.6. The van der Waals surface area contributed by atoms with Gasteiger partial charge >= 0.3 is 6.18 Å². The predicted molar refractivity (Wildman–Crippen MR) is 141 cm³/mol. The molecule has 0 fully saturated rings. The minimum absolute atomic E-state index is 0.0249. The Morgan fingerprint density at radius 2 is 1.79 bits per heavy atom. The van der Waals surface area contributed by atoms with E-state index in [-0.39, 0.29) is 62.7 Å². The Labute approximate surface area is 238 Å². The number of nitrogens with zero attached hydrogens (tertiary/aromatic N) is 1. The lowest BCUT2D eigenvalue weighted by atomic mass is 9.93. The molecule has 0 saturated carbocycles. The second kappa shape index (κ2) is 10.7. The number of amides is 3. The highest BCUT2D eigenvalue weighted by molar-refractivity contribution is 6.31. The van der Waals surface area contributed by atoms with Gasteiger partial charge in [-0.1, -0.05) is 11.6 Å². The highest BCUT2D eigenvalue weighted by Gasteiger charge is 2.36. The Kier molecular flexibility index (Phi) is 7.29. The van der Waals surface area contributed by atoms with Crippen LogP contribution in [-0.4, -0.2) is 28.3 Å². The van der Waals surface area contributed by atoms with Crippen LogP contribution in [0.2, 0.25) is 5.02 Å². The molecule has 14 heteroatoms. The molecule has 3 amide bonds. The first-order valence-corrected chi connectivity index (χ1v) is 12.3. The highest BCUT2D eigenvalue weighted by atomic mass is 35.5. The second-order valence-corrected chi connectivity index (χ2v) is 9.47. The van der Waals surface area contributed by atoms with Crippen molar-refractivity contribution in [1.82, 2.24) is 10.3 Å². The number of halogens is 6. The Morgan fingerprint density at radius 1 is 1.02 bits per heavy atom. The summed E-state index contributed by atoms with van der Waals surface area (Å²) in [6.45, 7) is 0. The fourth-order valence-corrected chi connectivity index (χ4v) is 4.73. The van der Waals surface area contributed by atoms with Gasteiger partial charge in [-0.25, -0.2) is 13.8 Å². The number of hydrogen-bond acceptors (Lipinski definition) is 5. The number of alkyl halides is 3. The van der Waals surface area contributed by atoms with Crippen molar-refractivity contribution in [1.29, 1.82) is 0 Å². The molecule has 5 rings (SSSR count). The minimum Gasteiger partial charge on any atom is -0.504 e. The van der Waals surface area contributed by atoms with Crippen LogP contribution in [0.15, 0.2) is 60.7 Å². The molecule has 42 heavy (non-hydrogen) atoms. The summed E-state index contributed by atoms with van der Waals surface area (Å²) in [6.07, 6.45) is -4.67. The molecule has 1 atom stereocenters. The summed E-state index contributed by atoms with van der Waals surface area (Å²) in [5.41, 5.74) is -1.69. The largest absolute Gasteiger partial charge is 0.504 e. The van der Waals surface area contributed by atoms with Gasteiger partial charge in [0.2, 0.25) is 6.41 Å². The molecular weight excluding hydrogens is 587 g/mol. The van der Waals surface area contributed by atoms with Gasteiger partial charge in [-0.05, 0) is 60.7 Å². The van der Waals surface area contributed by atoms with Crippen LogP contribution in [0.4, 0.5) is 33.5 Å². The van der Waals surface area contributed by atoms with Crippen molar-refractivity contribution in [2.75, 3.05) is 10.6 Å². The van der Waals surface area contributed by atoms with Gasteiger partial charge in [-0.3, -0.25) is 14.4 Å². The number of carbonyl (C=O) groups excluding carboxylic acids is 3. The number of carbonyl (C=O) groups is 3. The lowest BCUT2D eigenvalue weighted by Gasteiger charge is -2.19. The summed E-state index contributed by atoms with van der Waals surface area (Å²) in [6, 6.07) is 8.89. The van der Waals surface area contributed by atoms with Crippen LogP contribution in [0.1, 0.15) is 43.4 Å². The van der Waals surface area contributed by atoms with Crippen molar-refractivity contribution in [2.45, 2.75) is 12.2 Å². The van der Waals surface area contributed by atoms with E-state index in [1.165, 1.54) is 30.3 Å². The maximum absolute atomic E-state index is 14.2. The molecule has 4 aromatic rings. The molecule has 0 radical (unpaired) electrons. The maximum Gasteiger partial charge on any atom is 0.416 e. The molecule has 1 aliphatic heterocycles. The van der Waals surface area contributed by atoms with E-state index < -0.39 is 46.8 Å². The third-order valence-electron chi connectivity index (χ3n) is 6.36. The maximum atomic E-state index is 14.2. The van der Waals surface area contributed by atoms with Gasteiger partial charge in [-0.15, -0.1) is 0 Å². The van der Waals surface area contributed by atoms with E-state index in [9.17, 15) is 41.4 Å². The Morgan fingerprint density at radius 3 is 2.50 bits per heavy atom. The Balaban J connectivity index is 1.68. The van der Waals surface area contributed by atoms with Gasteiger partial charge in [0, 0.05) is 38.5 Å². The van der Waals surface area contributed by atoms with E-state index in [0.29, 0.717) is 12.1 Å². The van der Waals surface area contributed by atoms with Crippen LogP contribution >= 0.6 is 11.6 Å². The van der Waals surface area contributed by atoms with Crippen molar-refractivity contribution >= 4 is 41.3 Å². The standard InChI is InChI=1S/C28H16ClF5N4O4/c29-19-2-1-15(30)10-17(19)24-23-18(27(42)38-24)7-12(20-3-4-22(40)25(36-20)35-11-39)8-21(23)37-26(41)13-5-14(28(32,33)34)9-16(31)6-13/h1-11,24,40H,(H,37,41)(H,38,42)(H,35,36,39). The van der Waals surface area contributed by atoms with Crippen LogP contribution in [0.3, 0.4) is 0 Å². The summed E-state index contributed by atoms with van der Waals surface area (Å²) in [4.78, 5) is 41.3. The van der Waals surface area contributed by atoms with Gasteiger partial charge in [-0.2, -0.15) is 13.2 Å². The van der Waals surface area contributed by atoms with Gasteiger partial charge in [0.25, 0.3) is 11.8 Å². The second-order valence-electron chi connectivity index (χ2n) is 9.06. The molecular formula is C28H16ClF5N4O4. The third kappa shape index (κ3) is 5.46. The molecule has 0 bridgehead atoms. The summed E-state index contributed by atoms with van der Waals surface area (Å²) < 4.78 is 68.1. The molecule has 0 aliphatic carbocycles. The van der Waals surface area contributed by atoms with E-state index in [1.54, 1.807) is 0 Å². The lowest BCUT2D eigenvalue weighted by molar-refractivity contribution is -0.137. The quantitative estimate of drug-likeness (QED) is 0.158. The normalized spacial score (nSPS) is 14.2. The van der Waals surface area contributed by atoms with Crippen molar-refractivity contribution in [3.05, 3.63) is 105 Å². The number of pyridine rings is 1. The van der Waals surface area contributed by atoms with Crippen molar-refractivity contribution < 1.29 is 41.4 Å². The van der Waals surface area contributed by atoms with Crippen molar-refractivity contribution in [3.63, 3.8) is 0 Å². The monoisotopic (exact) mass is 602 g/mol. The van der Waals surface area contributed by atoms with E-state index in [2.05, 4.69) is 20.9 Å². The molecule has 0 saturated heterocycles. The van der Waals surface area contributed by atoms with Crippen LogP contribution in [0.5, 0.6) is 5.75 Å². The molecule has 1 unspecified atom stereocenters. The topological polar surface area (TPSA) is 120 Å². The molecule has 3 aromatic carbocycles. The molecule has 1 aromatic heterocycles. The SMILES string of the molecule is O=CNc1nc(-c2cc(NC(=O)c3cc(F)cc(C(F)(F)F)c3)c3c(c2)C(=O)NC3c2cc(F)ccc2Cl)ccc1O. The minimum atomic E-state index is -4.94. The first-order valence-electron chi connectivity index (χ1n) is 11.9. The molecule has 8 nitrogen and oxygen atoms in total. The summed E-state index contributed by atoms with van der Waals surface area (Å²) in [5.74, 6) is -4.39. The summed E-state index contributed by atoms with van der Waals surface area (Å²) in [7, 11) is 0. The highest BCUT2D eigenvalue weighted by Crippen LogP contribution is 2.42. The Hall–Kier alpha value is -5.04. The molecule has 1 aliphatic rings. The van der Waals surface area contributed by atoms with E-state index >= 15 is 0 Å². The average molecular weight is 603 g/mol. The zero-order chi connectivity index (χ0) is 30.3. The molecule has 214 valence electrons. The number of benzene rings is 3. The molecule has 2 heterocycles. The number of aromatic nitrogens is 1. The van der Waals surface area contributed by atoms with Crippen LogP contribution in [0, 0.1) is 11.6 Å². The number of aromatic hydroxyl groups is 1. The van der Waals surface area contributed by atoms with E-state index in [4.69, 9.17) is 11.6 Å². The first kappa shape index (κ1) is 28.5. The van der Waals surface area contributed by atoms with Gasteiger partial charge < -0.3 is 21.1 Å². The fraction of sp³-hybridized carbons (Fsp3) is 0.0714. The van der Waals surface area contributed by atoms with Crippen molar-refractivity contribution in [3.8, 4) is 17.0 Å². The third-order valence-corrected chi connectivity index (χ3v) is 6.70. The number of rotatable bonds is 6. The molecule has 4 N–H and O–H groups in total. The van der Waals surface area contributed by atoms with Gasteiger partial charge in [0.15, 0.2) is 11.6 Å². The summed E-state index contributed by atoms with van der Waals surface area (Å²) >= 11 is 6.29. The number of fused-ring (bicyclic) bond motifs is 1. The number of anilines is 2. The van der Waals surface area contributed by atoms with Crippen molar-refractivity contribution in [2.24, 2.45) is 0 Å². The fourth-order valence-electron chi connectivity index (χ4n) is 4.51. The Bertz CT molecular complexity index is 1780. The lowest BCUT2D eigenvalue weighted by Crippen LogP contribution is -2.21. The van der Waals surface area contributed by atoms with Crippen LogP contribution in [-0.2, 0) is 11.0 Å². The van der Waals surface area contributed by atoms with E-state index in [0.717, 1.165) is 12.1 Å². The first-order chi connectivity index (χ1) is 19.8. The van der Waals surface area contributed by atoms with E-state index in [1.807, 2.05) is 0 Å². The van der Waals surface area contributed by atoms with Crippen LogP contribution in [0.25, 0.3) is 11.3 Å². The number of hydrogen-bond donors (Lipinski definition) is 4.